The maximum Gasteiger partial charge on any atom is 0.0653 e. The van der Waals surface area contributed by atoms with Gasteiger partial charge >= 0.3 is 0 Å². The molecule has 17 heavy (non-hydrogen) atoms. The van der Waals surface area contributed by atoms with Crippen molar-refractivity contribution < 1.29 is 0 Å². The lowest BCUT2D eigenvalue weighted by Crippen LogP contribution is -2.42. The minimum absolute atomic E-state index is 0.0441. The molecule has 4 heteroatoms. The maximum absolute atomic E-state index is 4.66. The number of nitrogens with zero attached hydrogens (tertiary/aromatic N) is 1. The van der Waals surface area contributed by atoms with Crippen LogP contribution < -0.4 is 4.31 Å². The van der Waals surface area contributed by atoms with Gasteiger partial charge < -0.3 is 4.31 Å². The van der Waals surface area contributed by atoms with Crippen LogP contribution in [0.1, 0.15) is 44.2 Å². The third-order valence-electron chi connectivity index (χ3n) is 3.59. The van der Waals surface area contributed by atoms with Gasteiger partial charge in [0.1, 0.15) is 0 Å². The van der Waals surface area contributed by atoms with Gasteiger partial charge in [-0.1, -0.05) is 25.8 Å². The average molecular weight is 286 g/mol. The van der Waals surface area contributed by atoms with Crippen molar-refractivity contribution in [1.29, 1.82) is 0 Å². The largest absolute Gasteiger partial charge is 0.312 e. The molecule has 0 bridgehead atoms. The van der Waals surface area contributed by atoms with Gasteiger partial charge in [-0.2, -0.15) is 0 Å². The molecule has 2 rings (SSSR count). The molecule has 1 aromatic carbocycles. The van der Waals surface area contributed by atoms with Gasteiger partial charge in [0, 0.05) is 15.3 Å². The van der Waals surface area contributed by atoms with Crippen LogP contribution in [0.3, 0.4) is 0 Å². The first-order valence-corrected chi connectivity index (χ1v) is 7.09. The fraction of sp³-hybridized carbons (Fsp3) is 0.538. The van der Waals surface area contributed by atoms with Crippen molar-refractivity contribution in [2.24, 2.45) is 0 Å². The van der Waals surface area contributed by atoms with E-state index >= 15 is 0 Å². The fourth-order valence-electron chi connectivity index (χ4n) is 2.65. The van der Waals surface area contributed by atoms with Gasteiger partial charge in [-0.3, -0.25) is 0 Å². The zero-order valence-corrected chi connectivity index (χ0v) is 13.3. The molecule has 1 nitrogen and oxygen atoms in total. The third kappa shape index (κ3) is 2.08. The van der Waals surface area contributed by atoms with Crippen LogP contribution in [0.5, 0.6) is 0 Å². The SMILES string of the molecule is Cc1cc2c(c(S)c1S)N(S)C(C)(C)CC2C. The summed E-state index contributed by atoms with van der Waals surface area (Å²) in [6, 6.07) is 2.22. The molecule has 0 spiro atoms. The normalized spacial score (nSPS) is 22.5. The summed E-state index contributed by atoms with van der Waals surface area (Å²) in [7, 11) is 0. The van der Waals surface area contributed by atoms with E-state index in [9.17, 15) is 0 Å². The lowest BCUT2D eigenvalue weighted by atomic mass is 9.81. The number of aryl methyl sites for hydroxylation is 1. The van der Waals surface area contributed by atoms with Crippen molar-refractivity contribution in [2.45, 2.75) is 55.4 Å². The van der Waals surface area contributed by atoms with Gasteiger partial charge in [0.15, 0.2) is 0 Å². The van der Waals surface area contributed by atoms with Crippen LogP contribution in [0.2, 0.25) is 0 Å². The van der Waals surface area contributed by atoms with E-state index in [1.807, 2.05) is 4.31 Å². The van der Waals surface area contributed by atoms with Crippen molar-refractivity contribution in [3.63, 3.8) is 0 Å². The van der Waals surface area contributed by atoms with Crippen LogP contribution in [0.15, 0.2) is 15.9 Å². The Bertz CT molecular complexity index is 468. The summed E-state index contributed by atoms with van der Waals surface area (Å²) >= 11 is 13.8. The minimum atomic E-state index is 0.0441. The Kier molecular flexibility index (Phi) is 3.43. The third-order valence-corrected chi connectivity index (χ3v) is 5.52. The molecule has 0 fully saturated rings. The van der Waals surface area contributed by atoms with E-state index < -0.39 is 0 Å². The highest BCUT2D eigenvalue weighted by molar-refractivity contribution is 7.84. The van der Waals surface area contributed by atoms with Gasteiger partial charge in [-0.25, -0.2) is 0 Å². The molecule has 0 aliphatic carbocycles. The number of benzene rings is 1. The van der Waals surface area contributed by atoms with E-state index in [0.29, 0.717) is 5.92 Å². The Labute approximate surface area is 120 Å². The van der Waals surface area contributed by atoms with Gasteiger partial charge in [0.25, 0.3) is 0 Å². The molecule has 1 unspecified atom stereocenters. The lowest BCUT2D eigenvalue weighted by molar-refractivity contribution is 0.424. The van der Waals surface area contributed by atoms with E-state index in [2.05, 4.69) is 71.8 Å². The van der Waals surface area contributed by atoms with Crippen molar-refractivity contribution >= 4 is 43.8 Å². The zero-order chi connectivity index (χ0) is 13.0. The molecule has 94 valence electrons. The number of hydrogen-bond donors (Lipinski definition) is 3. The summed E-state index contributed by atoms with van der Waals surface area (Å²) in [4.78, 5) is 1.90. The van der Waals surface area contributed by atoms with E-state index in [-0.39, 0.29) is 5.54 Å². The molecule has 1 aromatic rings. The van der Waals surface area contributed by atoms with Crippen LogP contribution in [0.25, 0.3) is 0 Å². The molecular weight excluding hydrogens is 266 g/mol. The average Bonchev–Trinajstić information content (AvgIpc) is 2.22. The number of fused-ring (bicyclic) bond motifs is 1. The molecule has 0 N–H and O–H groups in total. The Balaban J connectivity index is 2.71. The van der Waals surface area contributed by atoms with Gasteiger partial charge in [-0.15, -0.1) is 25.3 Å². The second-order valence-electron chi connectivity index (χ2n) is 5.56. The highest BCUT2D eigenvalue weighted by atomic mass is 32.1. The highest BCUT2D eigenvalue weighted by Crippen LogP contribution is 2.49. The Hall–Kier alpha value is 0.0700. The van der Waals surface area contributed by atoms with Crippen molar-refractivity contribution in [3.8, 4) is 0 Å². The molecule has 0 amide bonds. The summed E-state index contributed by atoms with van der Waals surface area (Å²) in [5.74, 6) is 0.530. The van der Waals surface area contributed by atoms with Crippen LogP contribution in [0.4, 0.5) is 5.69 Å². The summed E-state index contributed by atoms with van der Waals surface area (Å²) in [6.07, 6.45) is 1.10. The van der Waals surface area contributed by atoms with Crippen molar-refractivity contribution in [3.05, 3.63) is 17.2 Å². The molecule has 0 saturated heterocycles. The predicted octanol–water partition coefficient (Wildman–Crippen LogP) is 4.51. The highest BCUT2D eigenvalue weighted by Gasteiger charge is 2.36. The van der Waals surface area contributed by atoms with Gasteiger partial charge in [-0.05, 0) is 44.2 Å². The van der Waals surface area contributed by atoms with Crippen LogP contribution in [-0.4, -0.2) is 5.54 Å². The number of rotatable bonds is 0. The smallest absolute Gasteiger partial charge is 0.0653 e. The quantitative estimate of drug-likeness (QED) is 0.591. The number of hydrogen-bond acceptors (Lipinski definition) is 4. The topological polar surface area (TPSA) is 3.24 Å². The molecule has 0 saturated carbocycles. The summed E-state index contributed by atoms with van der Waals surface area (Å²) in [5, 5.41) is 0. The zero-order valence-electron chi connectivity index (χ0n) is 10.7. The monoisotopic (exact) mass is 285 g/mol. The standard InChI is InChI=1S/C13H19NS3/c1-7-5-9-8(2)6-13(3,4)14(17)10(9)12(16)11(7)15/h5,8,15-17H,6H2,1-4H3. The number of anilines is 1. The Morgan fingerprint density at radius 2 is 1.88 bits per heavy atom. The van der Waals surface area contributed by atoms with Gasteiger partial charge in [0.05, 0.1) is 5.69 Å². The van der Waals surface area contributed by atoms with E-state index in [1.165, 1.54) is 11.1 Å². The first kappa shape index (κ1) is 13.5. The summed E-state index contributed by atoms with van der Waals surface area (Å²) in [6.45, 7) is 8.78. The second-order valence-corrected chi connectivity index (χ2v) is 6.85. The summed E-state index contributed by atoms with van der Waals surface area (Å²) in [5.41, 5.74) is 3.68. The second kappa shape index (κ2) is 4.32. The van der Waals surface area contributed by atoms with E-state index in [0.717, 1.165) is 21.9 Å². The van der Waals surface area contributed by atoms with Crippen LogP contribution >= 0.6 is 38.1 Å². The molecule has 1 atom stereocenters. The first-order valence-electron chi connectivity index (χ1n) is 5.80. The Morgan fingerprint density at radius 3 is 2.47 bits per heavy atom. The predicted molar refractivity (Wildman–Crippen MR) is 84.3 cm³/mol. The van der Waals surface area contributed by atoms with Crippen molar-refractivity contribution in [2.75, 3.05) is 4.31 Å². The lowest BCUT2D eigenvalue weighted by Gasteiger charge is -2.45. The minimum Gasteiger partial charge on any atom is -0.312 e. The molecule has 1 aliphatic heterocycles. The Morgan fingerprint density at radius 1 is 1.29 bits per heavy atom. The van der Waals surface area contributed by atoms with E-state index in [1.54, 1.807) is 0 Å². The molecule has 1 heterocycles. The van der Waals surface area contributed by atoms with E-state index in [4.69, 9.17) is 0 Å². The molecular formula is C13H19NS3. The van der Waals surface area contributed by atoms with Crippen molar-refractivity contribution in [1.82, 2.24) is 0 Å². The maximum atomic E-state index is 4.66. The van der Waals surface area contributed by atoms with Crippen LogP contribution in [-0.2, 0) is 0 Å². The molecule has 1 aliphatic rings. The first-order chi connectivity index (χ1) is 7.75. The molecule has 0 radical (unpaired) electrons. The number of thiol groups is 3. The van der Waals surface area contributed by atoms with Gasteiger partial charge in [0.2, 0.25) is 0 Å². The summed E-state index contributed by atoms with van der Waals surface area (Å²) < 4.78 is 2.05. The molecule has 0 aromatic heterocycles. The fourth-order valence-corrected chi connectivity index (χ4v) is 3.60. The van der Waals surface area contributed by atoms with Crippen LogP contribution in [0, 0.1) is 6.92 Å².